The van der Waals surface area contributed by atoms with E-state index in [1.807, 2.05) is 48.5 Å². The maximum atomic E-state index is 16.8. The van der Waals surface area contributed by atoms with Crippen molar-refractivity contribution in [2.75, 3.05) is 0 Å². The highest BCUT2D eigenvalue weighted by Gasteiger charge is 2.81. The number of carbonyl (C=O) groups excluding carboxylic acids is 1. The van der Waals surface area contributed by atoms with Crippen LogP contribution in [0.15, 0.2) is 109 Å². The van der Waals surface area contributed by atoms with Crippen LogP contribution in [-0.4, -0.2) is 28.7 Å². The molecule has 2 nitrogen and oxygen atoms in total. The zero-order chi connectivity index (χ0) is 43.5. The van der Waals surface area contributed by atoms with E-state index in [9.17, 15) is 9.90 Å². The molecule has 2 aliphatic rings. The first-order valence-corrected chi connectivity index (χ1v) is 21.4. The molecule has 0 fully saturated rings. The van der Waals surface area contributed by atoms with E-state index in [1.165, 1.54) is 19.1 Å². The summed E-state index contributed by atoms with van der Waals surface area (Å²) in [6, 6.07) is 31.3. The fourth-order valence-electron chi connectivity index (χ4n) is 8.46. The maximum Gasteiger partial charge on any atom is 0.380 e. The second-order valence-corrected chi connectivity index (χ2v) is 20.1. The highest BCUT2D eigenvalue weighted by Crippen LogP contribution is 2.70. The molecule has 0 aliphatic heterocycles. The first-order chi connectivity index (χ1) is 27.9. The largest absolute Gasteiger partial charge is 0.389 e. The number of aliphatic hydroxyl groups is 1. The number of hydrogen-bond donors (Lipinski definition) is 1. The standard InChI is InChI=1S/C50H44F6O2S2/c1-27(57)29-9-13-31(14-10-29)39-25-37-41-42(49(53,54)50(55,56)48(41,51)52)38-26-40(32-15-11-30(12-16-32)28(2)58)60-44(38)47(43(37)59-39,35-21-17-33(18-22-35)45(3,4)5)36-23-19-34(20-24-36)46(6,7)8/h9-27,57H,1-8H3. The quantitative estimate of drug-likeness (QED) is 0.134. The molecular weight excluding hydrogens is 811 g/mol. The Labute approximate surface area is 354 Å². The Morgan fingerprint density at radius 2 is 0.950 bits per heavy atom. The summed E-state index contributed by atoms with van der Waals surface area (Å²) in [4.78, 5) is 13.4. The number of alkyl halides is 6. The van der Waals surface area contributed by atoms with E-state index in [1.54, 1.807) is 55.5 Å². The highest BCUT2D eigenvalue weighted by atomic mass is 32.1. The smallest absolute Gasteiger partial charge is 0.380 e. The Morgan fingerprint density at radius 1 is 0.583 bits per heavy atom. The van der Waals surface area contributed by atoms with Crippen molar-refractivity contribution < 1.29 is 36.2 Å². The molecule has 310 valence electrons. The number of rotatable bonds is 6. The Morgan fingerprint density at radius 3 is 1.28 bits per heavy atom. The third-order valence-corrected chi connectivity index (χ3v) is 14.6. The number of aliphatic hydroxyl groups excluding tert-OH is 1. The van der Waals surface area contributed by atoms with E-state index in [4.69, 9.17) is 0 Å². The molecule has 2 aliphatic carbocycles. The van der Waals surface area contributed by atoms with Gasteiger partial charge in [-0.15, -0.1) is 22.7 Å². The molecule has 0 saturated heterocycles. The van der Waals surface area contributed by atoms with Crippen molar-refractivity contribution in [1.29, 1.82) is 0 Å². The molecule has 4 aromatic carbocycles. The third kappa shape index (κ3) is 6.18. The van der Waals surface area contributed by atoms with E-state index in [2.05, 4.69) is 41.5 Å². The van der Waals surface area contributed by atoms with Crippen LogP contribution >= 0.6 is 22.7 Å². The first-order valence-electron chi connectivity index (χ1n) is 19.7. The van der Waals surface area contributed by atoms with Gasteiger partial charge in [-0.1, -0.05) is 139 Å². The summed E-state index contributed by atoms with van der Waals surface area (Å²) in [5.74, 6) is -16.5. The molecule has 0 bridgehead atoms. The molecule has 1 N–H and O–H groups in total. The van der Waals surface area contributed by atoms with Gasteiger partial charge in [-0.2, -0.15) is 26.3 Å². The van der Waals surface area contributed by atoms with Gasteiger partial charge in [-0.25, -0.2) is 0 Å². The number of ketones is 1. The highest BCUT2D eigenvalue weighted by molar-refractivity contribution is 7.18. The average Bonchev–Trinajstić information content (AvgIpc) is 3.83. The van der Waals surface area contributed by atoms with Crippen LogP contribution in [0.4, 0.5) is 26.3 Å². The van der Waals surface area contributed by atoms with Crippen molar-refractivity contribution in [3.05, 3.63) is 163 Å². The van der Waals surface area contributed by atoms with E-state index in [0.717, 1.165) is 33.8 Å². The van der Waals surface area contributed by atoms with Crippen LogP contribution in [0, 0.1) is 0 Å². The molecule has 1 unspecified atom stereocenters. The molecular formula is C50H44F6O2S2. The van der Waals surface area contributed by atoms with Crippen LogP contribution < -0.4 is 0 Å². The Kier molecular flexibility index (Phi) is 9.70. The van der Waals surface area contributed by atoms with Crippen LogP contribution in [0.25, 0.3) is 32.0 Å². The summed E-state index contributed by atoms with van der Waals surface area (Å²) in [6.45, 7) is 15.4. The van der Waals surface area contributed by atoms with Gasteiger partial charge in [-0.3, -0.25) is 4.79 Å². The second kappa shape index (κ2) is 13.9. The molecule has 6 aromatic rings. The van der Waals surface area contributed by atoms with E-state index in [-0.39, 0.29) is 37.5 Å². The number of allylic oxidation sites excluding steroid dienone is 2. The lowest BCUT2D eigenvalue weighted by atomic mass is 9.69. The van der Waals surface area contributed by atoms with E-state index < -0.39 is 40.4 Å². The molecule has 2 aromatic heterocycles. The van der Waals surface area contributed by atoms with E-state index in [0.29, 0.717) is 43.1 Å². The predicted molar refractivity (Wildman–Crippen MR) is 231 cm³/mol. The van der Waals surface area contributed by atoms with Crippen molar-refractivity contribution in [2.24, 2.45) is 0 Å². The van der Waals surface area contributed by atoms with Gasteiger partial charge in [0.15, 0.2) is 5.78 Å². The van der Waals surface area contributed by atoms with Gasteiger partial charge in [0.2, 0.25) is 0 Å². The normalized spacial score (nSPS) is 18.1. The molecule has 1 atom stereocenters. The first kappa shape index (κ1) is 41.9. The minimum absolute atomic E-state index is 0.189. The van der Waals surface area contributed by atoms with Gasteiger partial charge in [0.25, 0.3) is 0 Å². The summed E-state index contributed by atoms with van der Waals surface area (Å²) >= 11 is 2.20. The number of Topliss-reactive ketones (excluding diaryl/α,β-unsaturated/α-hetero) is 1. The molecule has 0 saturated carbocycles. The lowest BCUT2D eigenvalue weighted by molar-refractivity contribution is -0.254. The lowest BCUT2D eigenvalue weighted by Crippen LogP contribution is -2.49. The molecule has 8 rings (SSSR count). The maximum absolute atomic E-state index is 16.8. The number of carbonyl (C=O) groups is 1. The van der Waals surface area contributed by atoms with E-state index >= 15 is 26.3 Å². The van der Waals surface area contributed by atoms with Crippen LogP contribution in [-0.2, 0) is 16.2 Å². The molecule has 10 heteroatoms. The zero-order valence-electron chi connectivity index (χ0n) is 34.4. The summed E-state index contributed by atoms with van der Waals surface area (Å²) in [5, 5.41) is 10.2. The lowest BCUT2D eigenvalue weighted by Gasteiger charge is -2.37. The van der Waals surface area contributed by atoms with Crippen molar-refractivity contribution in [1.82, 2.24) is 0 Å². The minimum atomic E-state index is -5.76. The molecule has 2 heterocycles. The topological polar surface area (TPSA) is 37.3 Å². The van der Waals surface area contributed by atoms with Crippen LogP contribution in [0.3, 0.4) is 0 Å². The fraction of sp³-hybridized carbons (Fsp3) is 0.300. The number of thiophene rings is 2. The van der Waals surface area contributed by atoms with Gasteiger partial charge >= 0.3 is 17.8 Å². The second-order valence-electron chi connectivity index (χ2n) is 18.0. The fourth-order valence-corrected chi connectivity index (χ4v) is 11.3. The van der Waals surface area contributed by atoms with Crippen molar-refractivity contribution >= 4 is 39.6 Å². The summed E-state index contributed by atoms with van der Waals surface area (Å²) < 4.78 is 99.1. The molecule has 0 amide bonds. The number of halogens is 6. The monoisotopic (exact) mass is 854 g/mol. The summed E-state index contributed by atoms with van der Waals surface area (Å²) in [6.07, 6.45) is -0.793. The predicted octanol–water partition coefficient (Wildman–Crippen LogP) is 14.5. The average molecular weight is 855 g/mol. The minimum Gasteiger partial charge on any atom is -0.389 e. The SMILES string of the molecule is CC(=O)c1ccc(-c2cc3c(s2)C(c2ccc(C(C)(C)C)cc2)(c2ccc(C(C)(C)C)cc2)c2sc(-c4ccc(C(C)O)cc4)cc2C2=C3C(F)(F)C(F)(F)C2(F)F)cc1. The summed E-state index contributed by atoms with van der Waals surface area (Å²) in [7, 11) is 0. The van der Waals surface area contributed by atoms with Crippen LogP contribution in [0.2, 0.25) is 0 Å². The van der Waals surface area contributed by atoms with Crippen LogP contribution in [0.5, 0.6) is 0 Å². The van der Waals surface area contributed by atoms with Crippen molar-refractivity contribution in [3.8, 4) is 20.9 Å². The molecule has 60 heavy (non-hydrogen) atoms. The van der Waals surface area contributed by atoms with Gasteiger partial charge < -0.3 is 5.11 Å². The number of fused-ring (bicyclic) bond motifs is 4. The Bertz CT molecular complexity index is 2610. The Hall–Kier alpha value is -4.77. The third-order valence-electron chi connectivity index (χ3n) is 12.0. The number of benzene rings is 4. The number of hydrogen-bond acceptors (Lipinski definition) is 4. The van der Waals surface area contributed by atoms with Gasteiger partial charge in [0, 0.05) is 47.3 Å². The van der Waals surface area contributed by atoms with Crippen molar-refractivity contribution in [2.45, 2.75) is 95.5 Å². The van der Waals surface area contributed by atoms with Gasteiger partial charge in [-0.05, 0) is 75.8 Å². The molecule has 0 radical (unpaired) electrons. The summed E-state index contributed by atoms with van der Waals surface area (Å²) in [5.41, 5.74) is -0.527. The zero-order valence-corrected chi connectivity index (χ0v) is 36.0. The van der Waals surface area contributed by atoms with Crippen molar-refractivity contribution in [3.63, 3.8) is 0 Å². The Balaban J connectivity index is 1.57. The van der Waals surface area contributed by atoms with Gasteiger partial charge in [0.05, 0.1) is 11.5 Å². The molecule has 0 spiro atoms. The van der Waals surface area contributed by atoms with Crippen LogP contribution in [0.1, 0.15) is 121 Å². The van der Waals surface area contributed by atoms with Gasteiger partial charge in [0.1, 0.15) is 0 Å².